The van der Waals surface area contributed by atoms with Crippen molar-refractivity contribution in [2.24, 2.45) is 17.8 Å². The molecule has 2 aromatic rings. The number of carbonyl (C=O) groups excluding carboxylic acids is 1. The van der Waals surface area contributed by atoms with Gasteiger partial charge < -0.3 is 9.84 Å². The van der Waals surface area contributed by atoms with Crippen molar-refractivity contribution >= 4 is 5.97 Å². The molecule has 0 aliphatic heterocycles. The summed E-state index contributed by atoms with van der Waals surface area (Å²) in [4.78, 5) is 13.0. The molecule has 1 saturated carbocycles. The molecular formula is C27H36O3. The highest BCUT2D eigenvalue weighted by molar-refractivity contribution is 5.71. The van der Waals surface area contributed by atoms with Gasteiger partial charge in [0.1, 0.15) is 11.7 Å². The first kappa shape index (κ1) is 22.6. The molecule has 1 aliphatic rings. The largest absolute Gasteiger partial charge is 0.462 e. The standard InChI is InChI=1S/C27H36O3/c1-20(2)24-15-14-21(3)18-25(24)30-26(28)19-27(29,23-12-8-5-9-13-23)17-16-22-10-6-4-7-11-22/h4-13,20-21,24-25,29H,14-19H2,1-3H3. The number of benzene rings is 2. The van der Waals surface area contributed by atoms with Gasteiger partial charge in [-0.15, -0.1) is 0 Å². The van der Waals surface area contributed by atoms with Gasteiger partial charge in [0, 0.05) is 0 Å². The van der Waals surface area contributed by atoms with Crippen LogP contribution < -0.4 is 0 Å². The van der Waals surface area contributed by atoms with Crippen molar-refractivity contribution in [3.05, 3.63) is 71.8 Å². The van der Waals surface area contributed by atoms with E-state index >= 15 is 0 Å². The third-order valence-corrected chi connectivity index (χ3v) is 6.66. The minimum atomic E-state index is -1.23. The molecule has 1 N–H and O–H groups in total. The predicted molar refractivity (Wildman–Crippen MR) is 121 cm³/mol. The monoisotopic (exact) mass is 408 g/mol. The van der Waals surface area contributed by atoms with Crippen LogP contribution in [0.5, 0.6) is 0 Å². The van der Waals surface area contributed by atoms with Crippen LogP contribution in [0.15, 0.2) is 60.7 Å². The van der Waals surface area contributed by atoms with Crippen LogP contribution in [0, 0.1) is 17.8 Å². The van der Waals surface area contributed by atoms with Crippen molar-refractivity contribution < 1.29 is 14.6 Å². The molecule has 4 atom stereocenters. The van der Waals surface area contributed by atoms with Gasteiger partial charge in [0.15, 0.2) is 0 Å². The van der Waals surface area contributed by atoms with E-state index < -0.39 is 5.60 Å². The van der Waals surface area contributed by atoms with Crippen LogP contribution in [0.2, 0.25) is 0 Å². The number of rotatable bonds is 8. The molecular weight excluding hydrogens is 372 g/mol. The number of carbonyl (C=O) groups is 1. The Bertz CT molecular complexity index is 786. The lowest BCUT2D eigenvalue weighted by Gasteiger charge is -2.37. The molecule has 1 aliphatic carbocycles. The van der Waals surface area contributed by atoms with Gasteiger partial charge in [0.05, 0.1) is 6.42 Å². The van der Waals surface area contributed by atoms with Crippen LogP contribution in [-0.2, 0) is 21.6 Å². The Morgan fingerprint density at radius 1 is 1.07 bits per heavy atom. The van der Waals surface area contributed by atoms with Crippen molar-refractivity contribution in [1.29, 1.82) is 0 Å². The highest BCUT2D eigenvalue weighted by Crippen LogP contribution is 2.37. The lowest BCUT2D eigenvalue weighted by Crippen LogP contribution is -2.38. The first-order valence-corrected chi connectivity index (χ1v) is 11.4. The Labute approximate surface area is 181 Å². The number of ether oxygens (including phenoxy) is 1. The molecule has 0 bridgehead atoms. The lowest BCUT2D eigenvalue weighted by atomic mass is 9.75. The van der Waals surface area contributed by atoms with Gasteiger partial charge in [-0.05, 0) is 54.6 Å². The second-order valence-corrected chi connectivity index (χ2v) is 9.41. The highest BCUT2D eigenvalue weighted by Gasteiger charge is 2.37. The van der Waals surface area contributed by atoms with E-state index in [9.17, 15) is 9.90 Å². The number of hydrogen-bond donors (Lipinski definition) is 1. The van der Waals surface area contributed by atoms with Gasteiger partial charge in [-0.3, -0.25) is 4.79 Å². The second-order valence-electron chi connectivity index (χ2n) is 9.41. The van der Waals surface area contributed by atoms with Crippen LogP contribution in [0.1, 0.15) is 64.0 Å². The lowest BCUT2D eigenvalue weighted by molar-refractivity contribution is -0.162. The summed E-state index contributed by atoms with van der Waals surface area (Å²) in [5.41, 5.74) is 0.693. The minimum Gasteiger partial charge on any atom is -0.462 e. The van der Waals surface area contributed by atoms with Gasteiger partial charge in [-0.25, -0.2) is 0 Å². The molecule has 0 saturated heterocycles. The Morgan fingerprint density at radius 2 is 1.70 bits per heavy atom. The van der Waals surface area contributed by atoms with Gasteiger partial charge in [0.25, 0.3) is 0 Å². The fraction of sp³-hybridized carbons (Fsp3) is 0.519. The average Bonchev–Trinajstić information content (AvgIpc) is 2.73. The molecule has 0 radical (unpaired) electrons. The van der Waals surface area contributed by atoms with Crippen molar-refractivity contribution in [3.8, 4) is 0 Å². The maximum absolute atomic E-state index is 13.0. The molecule has 1 fully saturated rings. The van der Waals surface area contributed by atoms with Gasteiger partial charge in [-0.2, -0.15) is 0 Å². The third-order valence-electron chi connectivity index (χ3n) is 6.66. The molecule has 0 spiro atoms. The van der Waals surface area contributed by atoms with Crippen LogP contribution in [-0.4, -0.2) is 17.2 Å². The molecule has 3 nitrogen and oxygen atoms in total. The number of esters is 1. The zero-order valence-corrected chi connectivity index (χ0v) is 18.6. The van der Waals surface area contributed by atoms with Crippen molar-refractivity contribution in [2.45, 2.75) is 71.0 Å². The molecule has 0 heterocycles. The van der Waals surface area contributed by atoms with Gasteiger partial charge >= 0.3 is 5.97 Å². The van der Waals surface area contributed by atoms with E-state index in [0.29, 0.717) is 30.6 Å². The van der Waals surface area contributed by atoms with E-state index in [0.717, 1.165) is 24.0 Å². The highest BCUT2D eigenvalue weighted by atomic mass is 16.5. The summed E-state index contributed by atoms with van der Waals surface area (Å²) in [6.45, 7) is 6.65. The van der Waals surface area contributed by atoms with Crippen LogP contribution in [0.25, 0.3) is 0 Å². The van der Waals surface area contributed by atoms with Crippen molar-refractivity contribution in [1.82, 2.24) is 0 Å². The summed E-state index contributed by atoms with van der Waals surface area (Å²) in [5, 5.41) is 11.6. The zero-order chi connectivity index (χ0) is 21.6. The van der Waals surface area contributed by atoms with Crippen LogP contribution in [0.3, 0.4) is 0 Å². The second kappa shape index (κ2) is 10.3. The zero-order valence-electron chi connectivity index (χ0n) is 18.6. The summed E-state index contributed by atoms with van der Waals surface area (Å²) in [5.74, 6) is 1.17. The molecule has 2 aromatic carbocycles. The fourth-order valence-electron chi connectivity index (χ4n) is 4.78. The summed E-state index contributed by atoms with van der Waals surface area (Å²) in [7, 11) is 0. The predicted octanol–water partition coefficient (Wildman–Crippen LogP) is 5.90. The van der Waals surface area contributed by atoms with E-state index in [1.54, 1.807) is 0 Å². The first-order valence-electron chi connectivity index (χ1n) is 11.4. The Kier molecular flexibility index (Phi) is 7.71. The van der Waals surface area contributed by atoms with Crippen molar-refractivity contribution in [2.75, 3.05) is 0 Å². The molecule has 30 heavy (non-hydrogen) atoms. The molecule has 4 unspecified atom stereocenters. The Hall–Kier alpha value is -2.13. The van der Waals surface area contributed by atoms with E-state index in [1.807, 2.05) is 48.5 Å². The van der Waals surface area contributed by atoms with E-state index in [2.05, 4.69) is 32.9 Å². The fourth-order valence-corrected chi connectivity index (χ4v) is 4.78. The summed E-state index contributed by atoms with van der Waals surface area (Å²) in [6.07, 6.45) is 4.34. The normalized spacial score (nSPS) is 23.7. The average molecular weight is 409 g/mol. The summed E-state index contributed by atoms with van der Waals surface area (Å²) >= 11 is 0. The van der Waals surface area contributed by atoms with E-state index in [4.69, 9.17) is 4.74 Å². The summed E-state index contributed by atoms with van der Waals surface area (Å²) in [6, 6.07) is 19.6. The molecule has 3 rings (SSSR count). The SMILES string of the molecule is CC1CCC(C(C)C)C(OC(=O)CC(O)(CCc2ccccc2)c2ccccc2)C1. The number of hydrogen-bond acceptors (Lipinski definition) is 3. The minimum absolute atomic E-state index is 0.0143. The third kappa shape index (κ3) is 5.95. The smallest absolute Gasteiger partial charge is 0.309 e. The topological polar surface area (TPSA) is 46.5 Å². The van der Waals surface area contributed by atoms with Crippen molar-refractivity contribution in [3.63, 3.8) is 0 Å². The Balaban J connectivity index is 1.72. The van der Waals surface area contributed by atoms with E-state index in [-0.39, 0.29) is 18.5 Å². The number of aryl methyl sites for hydroxylation is 1. The summed E-state index contributed by atoms with van der Waals surface area (Å²) < 4.78 is 6.01. The molecule has 0 amide bonds. The van der Waals surface area contributed by atoms with Gasteiger partial charge in [-0.1, -0.05) is 87.9 Å². The molecule has 162 valence electrons. The van der Waals surface area contributed by atoms with Gasteiger partial charge in [0.2, 0.25) is 0 Å². The molecule has 3 heteroatoms. The molecule has 0 aromatic heterocycles. The quantitative estimate of drug-likeness (QED) is 0.553. The maximum Gasteiger partial charge on any atom is 0.309 e. The van der Waals surface area contributed by atoms with Crippen LogP contribution in [0.4, 0.5) is 0 Å². The number of aliphatic hydroxyl groups is 1. The van der Waals surface area contributed by atoms with Crippen LogP contribution >= 0.6 is 0 Å². The Morgan fingerprint density at radius 3 is 2.33 bits per heavy atom. The van der Waals surface area contributed by atoms with E-state index in [1.165, 1.54) is 6.42 Å². The maximum atomic E-state index is 13.0. The first-order chi connectivity index (χ1) is 14.4.